The normalized spacial score (nSPS) is 12.4. The summed E-state index contributed by atoms with van der Waals surface area (Å²) in [5.74, 6) is -0.908. The van der Waals surface area contributed by atoms with Gasteiger partial charge in [0, 0.05) is 12.6 Å². The third-order valence-corrected chi connectivity index (χ3v) is 2.41. The number of carboxylic acid groups (broad SMARTS) is 1. The topological polar surface area (TPSA) is 78.0 Å². The lowest BCUT2D eigenvalue weighted by Gasteiger charge is -2.19. The van der Waals surface area contributed by atoms with Gasteiger partial charge < -0.3 is 15.4 Å². The molecule has 0 amide bonds. The Morgan fingerprint density at radius 3 is 2.81 bits per heavy atom. The van der Waals surface area contributed by atoms with Crippen LogP contribution >= 0.6 is 12.2 Å². The summed E-state index contributed by atoms with van der Waals surface area (Å²) in [5.41, 5.74) is 0.797. The van der Waals surface area contributed by atoms with Crippen molar-refractivity contribution in [3.63, 3.8) is 0 Å². The Kier molecular flexibility index (Phi) is 4.42. The molecule has 0 aliphatic rings. The molecule has 0 fully saturated rings. The van der Waals surface area contributed by atoms with E-state index < -0.39 is 12.0 Å². The lowest BCUT2D eigenvalue weighted by atomic mass is 10.0. The van der Waals surface area contributed by atoms with E-state index in [9.17, 15) is 4.79 Å². The van der Waals surface area contributed by atoms with Crippen molar-refractivity contribution in [3.8, 4) is 0 Å². The van der Waals surface area contributed by atoms with E-state index >= 15 is 0 Å². The monoisotopic (exact) mass is 241 g/mol. The maximum absolute atomic E-state index is 10.9. The molecule has 1 heterocycles. The van der Waals surface area contributed by atoms with Gasteiger partial charge in [-0.15, -0.1) is 0 Å². The van der Waals surface area contributed by atoms with Crippen LogP contribution in [-0.2, 0) is 11.2 Å². The summed E-state index contributed by atoms with van der Waals surface area (Å²) in [6, 6.07) is -0.647. The van der Waals surface area contributed by atoms with Gasteiger partial charge in [-0.1, -0.05) is 26.1 Å². The summed E-state index contributed by atoms with van der Waals surface area (Å²) < 4.78 is 0. The summed E-state index contributed by atoms with van der Waals surface area (Å²) in [6.45, 7) is 3.67. The molecule has 0 spiro atoms. The van der Waals surface area contributed by atoms with E-state index in [2.05, 4.69) is 15.3 Å². The van der Waals surface area contributed by atoms with Crippen molar-refractivity contribution in [2.24, 2.45) is 5.92 Å². The Balaban J connectivity index is 2.52. The maximum atomic E-state index is 10.9. The fourth-order valence-corrected chi connectivity index (χ4v) is 1.56. The number of nitrogens with zero attached hydrogens (tertiary/aromatic N) is 1. The molecule has 0 saturated heterocycles. The molecule has 1 rings (SSSR count). The summed E-state index contributed by atoms with van der Waals surface area (Å²) in [6.07, 6.45) is 3.75. The van der Waals surface area contributed by atoms with Gasteiger partial charge in [0.25, 0.3) is 0 Å². The summed E-state index contributed by atoms with van der Waals surface area (Å²) in [7, 11) is 0. The van der Waals surface area contributed by atoms with Crippen molar-refractivity contribution in [3.05, 3.63) is 18.2 Å². The number of aromatic amines is 1. The molecular formula is C10H15N3O2S. The fraction of sp³-hybridized carbons (Fsp3) is 0.500. The largest absolute Gasteiger partial charge is 0.480 e. The van der Waals surface area contributed by atoms with Crippen molar-refractivity contribution in [2.75, 3.05) is 0 Å². The van der Waals surface area contributed by atoms with Crippen LogP contribution in [0, 0.1) is 5.92 Å². The standard InChI is InChI=1S/C10H15N3O2S/c1-6(2)9(10(14)15)13-8(16)3-7-4-11-5-12-7/h4-6,9H,3H2,1-2H3,(H,11,12)(H,13,16)(H,14,15)/t9-/m0/s1. The average Bonchev–Trinajstić information content (AvgIpc) is 2.65. The van der Waals surface area contributed by atoms with Crippen molar-refractivity contribution in [1.29, 1.82) is 0 Å². The van der Waals surface area contributed by atoms with E-state index in [4.69, 9.17) is 17.3 Å². The second-order valence-corrected chi connectivity index (χ2v) is 4.36. The molecule has 0 aliphatic heterocycles. The van der Waals surface area contributed by atoms with Gasteiger partial charge in [0.2, 0.25) is 0 Å². The smallest absolute Gasteiger partial charge is 0.326 e. The molecule has 0 aromatic carbocycles. The van der Waals surface area contributed by atoms with Crippen molar-refractivity contribution < 1.29 is 9.90 Å². The van der Waals surface area contributed by atoms with Crippen LogP contribution in [-0.4, -0.2) is 32.1 Å². The first-order valence-electron chi connectivity index (χ1n) is 5.00. The summed E-state index contributed by atoms with van der Waals surface area (Å²) >= 11 is 5.09. The molecule has 0 radical (unpaired) electrons. The van der Waals surface area contributed by atoms with Crippen molar-refractivity contribution in [1.82, 2.24) is 15.3 Å². The Hall–Kier alpha value is -1.43. The number of nitrogens with one attached hydrogen (secondary N) is 2. The number of aromatic nitrogens is 2. The highest BCUT2D eigenvalue weighted by Gasteiger charge is 2.21. The maximum Gasteiger partial charge on any atom is 0.326 e. The van der Waals surface area contributed by atoms with Crippen LogP contribution in [0.1, 0.15) is 19.5 Å². The average molecular weight is 241 g/mol. The molecule has 0 bridgehead atoms. The van der Waals surface area contributed by atoms with Crippen LogP contribution < -0.4 is 5.32 Å². The molecular weight excluding hydrogens is 226 g/mol. The number of aliphatic carboxylic acids is 1. The number of carboxylic acids is 1. The third kappa shape index (κ3) is 3.62. The molecule has 16 heavy (non-hydrogen) atoms. The highest BCUT2D eigenvalue weighted by molar-refractivity contribution is 7.80. The van der Waals surface area contributed by atoms with Gasteiger partial charge in [-0.05, 0) is 5.92 Å². The number of carbonyl (C=O) groups is 1. The molecule has 1 aromatic heterocycles. The minimum Gasteiger partial charge on any atom is -0.480 e. The second kappa shape index (κ2) is 5.60. The van der Waals surface area contributed by atoms with Gasteiger partial charge in [0.15, 0.2) is 0 Å². The van der Waals surface area contributed by atoms with Crippen LogP contribution in [0.25, 0.3) is 0 Å². The predicted molar refractivity (Wildman–Crippen MR) is 64.3 cm³/mol. The van der Waals surface area contributed by atoms with E-state index in [-0.39, 0.29) is 5.92 Å². The highest BCUT2D eigenvalue weighted by Crippen LogP contribution is 2.03. The van der Waals surface area contributed by atoms with Crippen molar-refractivity contribution in [2.45, 2.75) is 26.3 Å². The first-order chi connectivity index (χ1) is 7.50. The number of thiocarbonyl (C=S) groups is 1. The second-order valence-electron chi connectivity index (χ2n) is 3.86. The van der Waals surface area contributed by atoms with Crippen LogP contribution in [0.3, 0.4) is 0 Å². The Morgan fingerprint density at radius 2 is 2.38 bits per heavy atom. The Bertz CT molecular complexity index is 362. The van der Waals surface area contributed by atoms with Gasteiger partial charge in [0.05, 0.1) is 17.0 Å². The summed E-state index contributed by atoms with van der Waals surface area (Å²) in [5, 5.41) is 11.8. The molecule has 88 valence electrons. The van der Waals surface area contributed by atoms with Gasteiger partial charge in [0.1, 0.15) is 6.04 Å². The zero-order valence-electron chi connectivity index (χ0n) is 9.23. The van der Waals surface area contributed by atoms with E-state index in [0.29, 0.717) is 11.4 Å². The first kappa shape index (κ1) is 12.6. The van der Waals surface area contributed by atoms with E-state index in [1.165, 1.54) is 0 Å². The minimum atomic E-state index is -0.889. The minimum absolute atomic E-state index is 0.0189. The molecule has 5 nitrogen and oxygen atoms in total. The zero-order chi connectivity index (χ0) is 12.1. The van der Waals surface area contributed by atoms with Gasteiger partial charge in [-0.2, -0.15) is 0 Å². The molecule has 0 saturated carbocycles. The number of H-pyrrole nitrogens is 1. The molecule has 3 N–H and O–H groups in total. The van der Waals surface area contributed by atoms with E-state index in [1.54, 1.807) is 12.5 Å². The number of imidazole rings is 1. The van der Waals surface area contributed by atoms with E-state index in [0.717, 1.165) is 5.69 Å². The SMILES string of the molecule is CC(C)[C@H](NC(=S)Cc1c[nH]cn1)C(=O)O. The molecule has 1 atom stereocenters. The predicted octanol–water partition coefficient (Wildman–Crippen LogP) is 0.978. The van der Waals surface area contributed by atoms with Gasteiger partial charge in [-0.25, -0.2) is 9.78 Å². The molecule has 6 heteroatoms. The lowest BCUT2D eigenvalue weighted by Crippen LogP contribution is -2.44. The fourth-order valence-electron chi connectivity index (χ4n) is 1.29. The highest BCUT2D eigenvalue weighted by atomic mass is 32.1. The molecule has 0 aliphatic carbocycles. The summed E-state index contributed by atoms with van der Waals surface area (Å²) in [4.78, 5) is 18.3. The number of rotatable bonds is 5. The molecule has 0 unspecified atom stereocenters. The Morgan fingerprint density at radius 1 is 1.69 bits per heavy atom. The van der Waals surface area contributed by atoms with Crippen LogP contribution in [0.5, 0.6) is 0 Å². The van der Waals surface area contributed by atoms with E-state index in [1.807, 2.05) is 13.8 Å². The van der Waals surface area contributed by atoms with Crippen molar-refractivity contribution >= 4 is 23.2 Å². The lowest BCUT2D eigenvalue weighted by molar-refractivity contribution is -0.140. The quantitative estimate of drug-likeness (QED) is 0.670. The third-order valence-electron chi connectivity index (χ3n) is 2.15. The Labute approximate surface area is 99.3 Å². The van der Waals surface area contributed by atoms with Gasteiger partial charge >= 0.3 is 5.97 Å². The van der Waals surface area contributed by atoms with Crippen LogP contribution in [0.15, 0.2) is 12.5 Å². The van der Waals surface area contributed by atoms with Gasteiger partial charge in [-0.3, -0.25) is 0 Å². The van der Waals surface area contributed by atoms with Crippen LogP contribution in [0.2, 0.25) is 0 Å². The number of hydrogen-bond acceptors (Lipinski definition) is 3. The zero-order valence-corrected chi connectivity index (χ0v) is 10.0. The number of hydrogen-bond donors (Lipinski definition) is 3. The first-order valence-corrected chi connectivity index (χ1v) is 5.41. The van der Waals surface area contributed by atoms with Crippen LogP contribution in [0.4, 0.5) is 0 Å². The molecule has 1 aromatic rings.